The van der Waals surface area contributed by atoms with Crippen LogP contribution in [0.4, 0.5) is 0 Å². The van der Waals surface area contributed by atoms with Crippen molar-refractivity contribution in [3.8, 4) is 0 Å². The normalized spacial score (nSPS) is 11.8. The fraction of sp³-hybridized carbons (Fsp3) is 0.912. The standard InChI is InChI=1S/C34H67INO6/c1-5-7-9-11-13-15-17-19-21-23-33(39)41-29-26-36(32(38)31-35(3,4)25-28-37)27-30-42-34(40)24-22-20-18-16-14-12-10-8-6-2/h37H,5-31H2,1-4H3/q-1. The molecule has 0 aromatic heterocycles. The summed E-state index contributed by atoms with van der Waals surface area (Å²) in [7, 11) is 0. The second kappa shape index (κ2) is 28.8. The Morgan fingerprint density at radius 2 is 0.952 bits per heavy atom. The van der Waals surface area contributed by atoms with Crippen LogP contribution in [0, 0.1) is 0 Å². The van der Waals surface area contributed by atoms with Gasteiger partial charge in [-0.2, -0.15) is 0 Å². The van der Waals surface area contributed by atoms with E-state index in [2.05, 4.69) is 23.7 Å². The average molecular weight is 713 g/mol. The number of unbranched alkanes of at least 4 members (excludes halogenated alkanes) is 16. The average Bonchev–Trinajstić information content (AvgIpc) is 2.94. The van der Waals surface area contributed by atoms with Crippen LogP contribution in [0.15, 0.2) is 0 Å². The van der Waals surface area contributed by atoms with Crippen LogP contribution in [0.1, 0.15) is 142 Å². The van der Waals surface area contributed by atoms with E-state index in [-0.39, 0.29) is 37.7 Å². The van der Waals surface area contributed by atoms with Crippen LogP contribution in [0.5, 0.6) is 0 Å². The molecule has 0 saturated carbocycles. The Morgan fingerprint density at radius 1 is 0.595 bits per heavy atom. The number of hydrogen-bond acceptors (Lipinski definition) is 6. The monoisotopic (exact) mass is 712 g/mol. The van der Waals surface area contributed by atoms with E-state index < -0.39 is 18.4 Å². The van der Waals surface area contributed by atoms with Gasteiger partial charge >= 0.3 is 186 Å². The van der Waals surface area contributed by atoms with Crippen LogP contribution in [0.3, 0.4) is 0 Å². The molecular formula is C34H67INO6-. The van der Waals surface area contributed by atoms with Gasteiger partial charge in [-0.15, -0.1) is 0 Å². The Labute approximate surface area is 263 Å². The zero-order valence-corrected chi connectivity index (χ0v) is 30.1. The van der Waals surface area contributed by atoms with Crippen LogP contribution in [0.25, 0.3) is 0 Å². The van der Waals surface area contributed by atoms with Crippen molar-refractivity contribution in [2.75, 3.05) is 51.6 Å². The molecule has 0 atom stereocenters. The number of halogens is 1. The molecule has 0 aliphatic carbocycles. The summed E-state index contributed by atoms with van der Waals surface area (Å²) in [6, 6.07) is 0. The van der Waals surface area contributed by atoms with Crippen LogP contribution >= 0.6 is 0 Å². The molecule has 0 radical (unpaired) electrons. The minimum atomic E-state index is -2.34. The number of amides is 1. The van der Waals surface area contributed by atoms with E-state index in [9.17, 15) is 19.5 Å². The van der Waals surface area contributed by atoms with Gasteiger partial charge in [0.2, 0.25) is 0 Å². The van der Waals surface area contributed by atoms with Crippen LogP contribution < -0.4 is 18.4 Å². The summed E-state index contributed by atoms with van der Waals surface area (Å²) in [5.74, 6) is -0.430. The molecular weight excluding hydrogens is 645 g/mol. The van der Waals surface area contributed by atoms with Crippen LogP contribution in [0.2, 0.25) is 0 Å². The number of hydrogen-bond donors (Lipinski definition) is 1. The first-order chi connectivity index (χ1) is 20.3. The summed E-state index contributed by atoms with van der Waals surface area (Å²) >= 11 is -2.34. The third kappa shape index (κ3) is 26.7. The van der Waals surface area contributed by atoms with Crippen molar-refractivity contribution in [1.82, 2.24) is 4.90 Å². The van der Waals surface area contributed by atoms with E-state index in [0.717, 1.165) is 38.5 Å². The molecule has 0 fully saturated rings. The number of nitrogens with zero attached hydrogens (tertiary/aromatic N) is 1. The van der Waals surface area contributed by atoms with Gasteiger partial charge in [-0.3, -0.25) is 0 Å². The van der Waals surface area contributed by atoms with Crippen molar-refractivity contribution in [3.05, 3.63) is 0 Å². The molecule has 8 heteroatoms. The Hall–Kier alpha value is -0.900. The summed E-state index contributed by atoms with van der Waals surface area (Å²) in [5.41, 5.74) is 0. The second-order valence-corrected chi connectivity index (χ2v) is 23.3. The molecule has 1 N–H and O–H groups in total. The van der Waals surface area contributed by atoms with Gasteiger partial charge in [0.1, 0.15) is 0 Å². The molecule has 0 aliphatic rings. The van der Waals surface area contributed by atoms with Gasteiger partial charge in [0, 0.05) is 0 Å². The number of aliphatic hydroxyl groups is 1. The Morgan fingerprint density at radius 3 is 1.31 bits per heavy atom. The third-order valence-electron chi connectivity index (χ3n) is 7.64. The Kier molecular flexibility index (Phi) is 28.2. The summed E-state index contributed by atoms with van der Waals surface area (Å²) in [6.45, 7) is 5.47. The predicted octanol–water partition coefficient (Wildman–Crippen LogP) is 4.16. The topological polar surface area (TPSA) is 93.1 Å². The Bertz CT molecular complexity index is 632. The van der Waals surface area contributed by atoms with Gasteiger partial charge < -0.3 is 0 Å². The maximum absolute atomic E-state index is 13.1. The molecule has 0 saturated heterocycles. The molecule has 0 aliphatic heterocycles. The van der Waals surface area contributed by atoms with Gasteiger partial charge in [0.05, 0.1) is 0 Å². The summed E-state index contributed by atoms with van der Waals surface area (Å²) < 4.78 is 12.0. The number of carbonyl (C=O) groups excluding carboxylic acids is 3. The maximum atomic E-state index is 13.1. The number of carbonyl (C=O) groups is 3. The number of ether oxygens (including phenoxy) is 2. The molecule has 252 valence electrons. The zero-order chi connectivity index (χ0) is 31.3. The van der Waals surface area contributed by atoms with Crippen molar-refractivity contribution in [3.63, 3.8) is 0 Å². The van der Waals surface area contributed by atoms with Gasteiger partial charge in [-0.1, -0.05) is 78.1 Å². The van der Waals surface area contributed by atoms with E-state index in [0.29, 0.717) is 34.8 Å². The molecule has 0 bridgehead atoms. The number of esters is 2. The molecule has 0 heterocycles. The zero-order valence-electron chi connectivity index (χ0n) is 27.9. The number of aliphatic hydroxyl groups excluding tert-OH is 1. The van der Waals surface area contributed by atoms with Crippen LogP contribution in [-0.2, 0) is 23.9 Å². The fourth-order valence-electron chi connectivity index (χ4n) is 4.89. The summed E-state index contributed by atoms with van der Waals surface area (Å²) in [6.07, 6.45) is 22.4. The van der Waals surface area contributed by atoms with Crippen molar-refractivity contribution >= 4 is 17.8 Å². The summed E-state index contributed by atoms with van der Waals surface area (Å²) in [5, 5.41) is 9.39. The van der Waals surface area contributed by atoms with Crippen molar-refractivity contribution in [1.29, 1.82) is 0 Å². The SMILES string of the molecule is CCCCCCCCCCCC(=O)OCCN(CCOC(=O)CCCCCCCCCCC)C(=O)C[I-](C)(C)CCO. The van der Waals surface area contributed by atoms with Gasteiger partial charge in [-0.05, 0) is 0 Å². The van der Waals surface area contributed by atoms with Gasteiger partial charge in [0.25, 0.3) is 0 Å². The first kappa shape index (κ1) is 41.1. The van der Waals surface area contributed by atoms with E-state index in [4.69, 9.17) is 9.47 Å². The third-order valence-corrected chi connectivity index (χ3v) is 13.8. The quantitative estimate of drug-likeness (QED) is 0.0521. The van der Waals surface area contributed by atoms with E-state index >= 15 is 0 Å². The van der Waals surface area contributed by atoms with Crippen LogP contribution in [-0.4, -0.2) is 79.5 Å². The van der Waals surface area contributed by atoms with Crippen molar-refractivity contribution < 1.29 is 47.4 Å². The second-order valence-electron chi connectivity index (χ2n) is 12.2. The molecule has 0 spiro atoms. The van der Waals surface area contributed by atoms with E-state index in [1.165, 1.54) is 77.0 Å². The van der Waals surface area contributed by atoms with E-state index in [1.54, 1.807) is 4.90 Å². The van der Waals surface area contributed by atoms with Crippen molar-refractivity contribution in [2.45, 2.75) is 142 Å². The minimum absolute atomic E-state index is 0.00480. The first-order valence-corrected chi connectivity index (χ1v) is 24.4. The molecule has 7 nitrogen and oxygen atoms in total. The van der Waals surface area contributed by atoms with E-state index in [1.807, 2.05) is 0 Å². The Balaban J connectivity index is 4.33. The molecule has 0 rings (SSSR count). The van der Waals surface area contributed by atoms with Gasteiger partial charge in [0.15, 0.2) is 0 Å². The molecule has 0 aromatic carbocycles. The van der Waals surface area contributed by atoms with Gasteiger partial charge in [-0.25, -0.2) is 0 Å². The van der Waals surface area contributed by atoms with Crippen molar-refractivity contribution in [2.24, 2.45) is 0 Å². The molecule has 42 heavy (non-hydrogen) atoms. The first-order valence-electron chi connectivity index (χ1n) is 17.0. The molecule has 0 aromatic rings. The molecule has 1 amide bonds. The molecule has 0 unspecified atom stereocenters. The fourth-order valence-corrected chi connectivity index (χ4v) is 8.83. The number of alkyl halides is 4. The predicted molar refractivity (Wildman–Crippen MR) is 171 cm³/mol. The summed E-state index contributed by atoms with van der Waals surface area (Å²) in [4.78, 5) is 43.5. The number of rotatable bonds is 30.